The van der Waals surface area contributed by atoms with Crippen LogP contribution < -0.4 is 0 Å². The summed E-state index contributed by atoms with van der Waals surface area (Å²) >= 11 is 5.93. The first-order chi connectivity index (χ1) is 8.82. The van der Waals surface area contributed by atoms with Crippen molar-refractivity contribution in [2.75, 3.05) is 6.54 Å². The number of alkyl halides is 3. The minimum absolute atomic E-state index is 0.0124. The quantitative estimate of drug-likeness (QED) is 0.773. The zero-order chi connectivity index (χ0) is 14.2. The zero-order valence-corrected chi connectivity index (χ0v) is 11.1. The predicted octanol–water partition coefficient (Wildman–Crippen LogP) is 3.65. The highest BCUT2D eigenvalue weighted by Gasteiger charge is 2.33. The van der Waals surface area contributed by atoms with E-state index in [4.69, 9.17) is 11.6 Å². The van der Waals surface area contributed by atoms with E-state index in [0.29, 0.717) is 37.1 Å². The van der Waals surface area contributed by atoms with Crippen molar-refractivity contribution in [1.82, 2.24) is 4.90 Å². The summed E-state index contributed by atoms with van der Waals surface area (Å²) in [5.74, 6) is -0.0124. The third-order valence-corrected chi connectivity index (χ3v) is 3.61. The molecule has 0 spiro atoms. The Morgan fingerprint density at radius 2 is 2.11 bits per heavy atom. The molecule has 0 saturated heterocycles. The molecule has 6 heteroatoms. The number of amides is 1. The number of rotatable bonds is 1. The van der Waals surface area contributed by atoms with Crippen LogP contribution in [0.3, 0.4) is 0 Å². The number of fused-ring (bicyclic) bond motifs is 1. The van der Waals surface area contributed by atoms with Gasteiger partial charge in [-0.3, -0.25) is 4.79 Å². The first-order valence-corrected chi connectivity index (χ1v) is 6.37. The molecule has 1 aliphatic rings. The lowest BCUT2D eigenvalue weighted by Gasteiger charge is -2.30. The molecule has 0 atom stereocenters. The van der Waals surface area contributed by atoms with Crippen molar-refractivity contribution >= 4 is 17.5 Å². The Balaban J connectivity index is 2.35. The van der Waals surface area contributed by atoms with Crippen molar-refractivity contribution in [3.63, 3.8) is 0 Å². The number of nitrogens with zero attached hydrogens (tertiary/aromatic N) is 1. The Bertz CT molecular complexity index is 513. The lowest BCUT2D eigenvalue weighted by molar-refractivity contribution is -0.138. The van der Waals surface area contributed by atoms with Crippen molar-refractivity contribution in [2.24, 2.45) is 0 Å². The van der Waals surface area contributed by atoms with E-state index in [9.17, 15) is 18.0 Å². The van der Waals surface area contributed by atoms with E-state index in [0.717, 1.165) is 12.1 Å². The van der Waals surface area contributed by atoms with Crippen LogP contribution in [0.5, 0.6) is 0 Å². The fourth-order valence-corrected chi connectivity index (χ4v) is 2.52. The second-order valence-electron chi connectivity index (χ2n) is 4.51. The van der Waals surface area contributed by atoms with Gasteiger partial charge in [0.15, 0.2) is 0 Å². The van der Waals surface area contributed by atoms with Crippen LogP contribution in [0.25, 0.3) is 0 Å². The maximum atomic E-state index is 12.7. The van der Waals surface area contributed by atoms with Crippen LogP contribution in [-0.4, -0.2) is 17.4 Å². The van der Waals surface area contributed by atoms with Gasteiger partial charge in [0.05, 0.1) is 5.56 Å². The number of hydrogen-bond acceptors (Lipinski definition) is 1. The molecule has 0 N–H and O–H groups in total. The molecule has 0 unspecified atom stereocenters. The van der Waals surface area contributed by atoms with Gasteiger partial charge in [-0.25, -0.2) is 0 Å². The molecule has 1 aromatic carbocycles. The number of halogens is 4. The molecule has 2 rings (SSSR count). The molecule has 104 valence electrons. The largest absolute Gasteiger partial charge is 0.416 e. The van der Waals surface area contributed by atoms with E-state index in [2.05, 4.69) is 0 Å². The Kier molecular flexibility index (Phi) is 3.76. The lowest BCUT2D eigenvalue weighted by atomic mass is 9.96. The van der Waals surface area contributed by atoms with Gasteiger partial charge in [-0.1, -0.05) is 18.5 Å². The van der Waals surface area contributed by atoms with E-state index < -0.39 is 11.7 Å². The molecule has 0 aliphatic carbocycles. The molecular formula is C13H13ClF3NO. The highest BCUT2D eigenvalue weighted by molar-refractivity contribution is 6.31. The molecule has 0 fully saturated rings. The van der Waals surface area contributed by atoms with Crippen molar-refractivity contribution in [3.05, 3.63) is 33.8 Å². The van der Waals surface area contributed by atoms with Crippen LogP contribution in [-0.2, 0) is 23.9 Å². The van der Waals surface area contributed by atoms with Crippen LogP contribution in [0, 0.1) is 0 Å². The van der Waals surface area contributed by atoms with Gasteiger partial charge in [0.1, 0.15) is 0 Å². The predicted molar refractivity (Wildman–Crippen MR) is 65.9 cm³/mol. The SMILES string of the molecule is CCC(=O)N1CCc2cc(C(F)(F)F)cc(Cl)c2C1. The number of carbonyl (C=O) groups excluding carboxylic acids is 1. The van der Waals surface area contributed by atoms with Gasteiger partial charge in [0.25, 0.3) is 0 Å². The molecule has 0 aromatic heterocycles. The second-order valence-corrected chi connectivity index (χ2v) is 4.92. The average Bonchev–Trinajstić information content (AvgIpc) is 2.36. The maximum absolute atomic E-state index is 12.7. The van der Waals surface area contributed by atoms with Gasteiger partial charge >= 0.3 is 6.18 Å². The Labute approximate surface area is 114 Å². The van der Waals surface area contributed by atoms with Crippen molar-refractivity contribution in [2.45, 2.75) is 32.5 Å². The average molecular weight is 292 g/mol. The van der Waals surface area contributed by atoms with Crippen LogP contribution in [0.4, 0.5) is 13.2 Å². The molecule has 0 saturated carbocycles. The monoisotopic (exact) mass is 291 g/mol. The smallest absolute Gasteiger partial charge is 0.338 e. The summed E-state index contributed by atoms with van der Waals surface area (Å²) in [7, 11) is 0. The van der Waals surface area contributed by atoms with Crippen LogP contribution >= 0.6 is 11.6 Å². The third-order valence-electron chi connectivity index (χ3n) is 3.27. The standard InChI is InChI=1S/C13H13ClF3NO/c1-2-12(19)18-4-3-8-5-9(13(15,16)17)6-11(14)10(8)7-18/h5-6H,2-4,7H2,1H3. The molecular weight excluding hydrogens is 279 g/mol. The van der Waals surface area contributed by atoms with E-state index in [-0.39, 0.29) is 10.9 Å². The van der Waals surface area contributed by atoms with E-state index in [1.165, 1.54) is 0 Å². The molecule has 1 aliphatic heterocycles. The Hall–Kier alpha value is -1.23. The third kappa shape index (κ3) is 2.86. The highest BCUT2D eigenvalue weighted by Crippen LogP contribution is 2.36. The molecule has 0 bridgehead atoms. The van der Waals surface area contributed by atoms with Crippen LogP contribution in [0.2, 0.25) is 5.02 Å². The first kappa shape index (κ1) is 14.2. The summed E-state index contributed by atoms with van der Waals surface area (Å²) in [5.41, 5.74) is 0.481. The van der Waals surface area contributed by atoms with E-state index >= 15 is 0 Å². The highest BCUT2D eigenvalue weighted by atomic mass is 35.5. The number of carbonyl (C=O) groups is 1. The summed E-state index contributed by atoms with van der Waals surface area (Å²) < 4.78 is 38.0. The number of hydrogen-bond donors (Lipinski definition) is 0. The Morgan fingerprint density at radius 3 is 2.68 bits per heavy atom. The van der Waals surface area contributed by atoms with Gasteiger partial charge in [-0.05, 0) is 29.7 Å². The van der Waals surface area contributed by atoms with Crippen molar-refractivity contribution in [1.29, 1.82) is 0 Å². The molecule has 1 heterocycles. The fourth-order valence-electron chi connectivity index (χ4n) is 2.22. The lowest BCUT2D eigenvalue weighted by Crippen LogP contribution is -2.35. The summed E-state index contributed by atoms with van der Waals surface area (Å²) in [4.78, 5) is 13.2. The van der Waals surface area contributed by atoms with E-state index in [1.54, 1.807) is 11.8 Å². The summed E-state index contributed by atoms with van der Waals surface area (Å²) in [5, 5.41) is 0.0819. The Morgan fingerprint density at radius 1 is 1.42 bits per heavy atom. The van der Waals surface area contributed by atoms with Crippen LogP contribution in [0.1, 0.15) is 30.0 Å². The van der Waals surface area contributed by atoms with Gasteiger partial charge in [-0.2, -0.15) is 13.2 Å². The van der Waals surface area contributed by atoms with Gasteiger partial charge < -0.3 is 4.90 Å². The summed E-state index contributed by atoms with van der Waals surface area (Å²) in [6.45, 7) is 2.49. The maximum Gasteiger partial charge on any atom is 0.416 e. The normalized spacial score (nSPS) is 15.3. The molecule has 19 heavy (non-hydrogen) atoms. The second kappa shape index (κ2) is 5.04. The molecule has 1 amide bonds. The fraction of sp³-hybridized carbons (Fsp3) is 0.462. The van der Waals surface area contributed by atoms with Crippen molar-refractivity contribution < 1.29 is 18.0 Å². The van der Waals surface area contributed by atoms with Crippen LogP contribution in [0.15, 0.2) is 12.1 Å². The van der Waals surface area contributed by atoms with Gasteiger partial charge in [0, 0.05) is 24.5 Å². The zero-order valence-electron chi connectivity index (χ0n) is 10.4. The minimum atomic E-state index is -4.39. The molecule has 1 aromatic rings. The van der Waals surface area contributed by atoms with Crippen molar-refractivity contribution in [3.8, 4) is 0 Å². The summed E-state index contributed by atoms with van der Waals surface area (Å²) in [6.07, 6.45) is -3.60. The number of benzene rings is 1. The topological polar surface area (TPSA) is 20.3 Å². The van der Waals surface area contributed by atoms with Gasteiger partial charge in [0.2, 0.25) is 5.91 Å². The summed E-state index contributed by atoms with van der Waals surface area (Å²) in [6, 6.07) is 2.06. The molecule has 0 radical (unpaired) electrons. The first-order valence-electron chi connectivity index (χ1n) is 5.99. The van der Waals surface area contributed by atoms with E-state index in [1.807, 2.05) is 0 Å². The minimum Gasteiger partial charge on any atom is -0.338 e. The molecule has 2 nitrogen and oxygen atoms in total. The van der Waals surface area contributed by atoms with Gasteiger partial charge in [-0.15, -0.1) is 0 Å².